The van der Waals surface area contributed by atoms with Crippen LogP contribution in [-0.2, 0) is 23.7 Å². The van der Waals surface area contributed by atoms with E-state index in [1.165, 1.54) is 0 Å². The van der Waals surface area contributed by atoms with Crippen molar-refractivity contribution in [3.8, 4) is 0 Å². The fraction of sp³-hybridized carbons (Fsp3) is 0.960. The number of aliphatic hydroxyl groups excluding tert-OH is 7. The van der Waals surface area contributed by atoms with Crippen LogP contribution in [-0.4, -0.2) is 173 Å². The van der Waals surface area contributed by atoms with Crippen molar-refractivity contribution >= 4 is 5.91 Å². The standard InChI is InChI=1S/C25H48FN5O12/c1-29-15-4-14(31-23(39)17(35)12(26)5-27)18(36)22(43-25-20(38)19(37)16(9-33)41-25)21(15)42-24-13(28)3-2-11(40-24)7-30-6-10(34)8-32/h10-22,24-25,29-30,32-38H,2-9,27-28H2,1H3,(H,31,39). The maximum absolute atomic E-state index is 13.9. The van der Waals surface area contributed by atoms with Crippen molar-refractivity contribution in [1.29, 1.82) is 0 Å². The molecule has 2 aliphatic heterocycles. The van der Waals surface area contributed by atoms with E-state index in [9.17, 15) is 39.8 Å². The molecule has 3 fully saturated rings. The number of nitrogens with two attached hydrogens (primary N) is 2. The molecular weight excluding hydrogens is 581 g/mol. The summed E-state index contributed by atoms with van der Waals surface area (Å²) in [6.45, 7) is -1.16. The molecule has 15 unspecified atom stereocenters. The van der Waals surface area contributed by atoms with Crippen molar-refractivity contribution in [2.75, 3.05) is 39.9 Å². The summed E-state index contributed by atoms with van der Waals surface area (Å²) in [6.07, 6.45) is -15.1. The number of nitrogens with one attached hydrogen (secondary N) is 3. The van der Waals surface area contributed by atoms with Gasteiger partial charge in [0, 0.05) is 25.7 Å². The molecule has 15 atom stereocenters. The molecule has 1 saturated carbocycles. The highest BCUT2D eigenvalue weighted by atomic mass is 19.1. The van der Waals surface area contributed by atoms with Crippen LogP contribution in [0.5, 0.6) is 0 Å². The molecule has 2 saturated heterocycles. The lowest BCUT2D eigenvalue weighted by atomic mass is 9.83. The van der Waals surface area contributed by atoms with Crippen LogP contribution in [0, 0.1) is 0 Å². The molecule has 43 heavy (non-hydrogen) atoms. The highest BCUT2D eigenvalue weighted by Gasteiger charge is 2.52. The highest BCUT2D eigenvalue weighted by Crippen LogP contribution is 2.33. The monoisotopic (exact) mass is 629 g/mol. The van der Waals surface area contributed by atoms with Crippen molar-refractivity contribution in [3.05, 3.63) is 0 Å². The Hall–Kier alpha value is -1.20. The van der Waals surface area contributed by atoms with Crippen LogP contribution in [0.4, 0.5) is 4.39 Å². The second kappa shape index (κ2) is 16.9. The van der Waals surface area contributed by atoms with Gasteiger partial charge in [0.25, 0.3) is 5.91 Å². The van der Waals surface area contributed by atoms with E-state index in [4.69, 9.17) is 35.5 Å². The van der Waals surface area contributed by atoms with Crippen LogP contribution in [0.3, 0.4) is 0 Å². The van der Waals surface area contributed by atoms with Crippen molar-refractivity contribution in [3.63, 3.8) is 0 Å². The van der Waals surface area contributed by atoms with Crippen molar-refractivity contribution in [2.45, 2.75) is 111 Å². The molecule has 3 rings (SSSR count). The molecule has 2 heterocycles. The summed E-state index contributed by atoms with van der Waals surface area (Å²) >= 11 is 0. The van der Waals surface area contributed by atoms with Gasteiger partial charge in [0.05, 0.1) is 37.5 Å². The summed E-state index contributed by atoms with van der Waals surface area (Å²) in [6, 6.07) is -2.37. The quantitative estimate of drug-likeness (QED) is 0.0802. The molecule has 0 aromatic carbocycles. The maximum atomic E-state index is 13.9. The number of likely N-dealkylation sites (N-methyl/N-ethyl adjacent to an activating group) is 1. The molecule has 17 nitrogen and oxygen atoms in total. The summed E-state index contributed by atoms with van der Waals surface area (Å²) in [5.41, 5.74) is 11.5. The fourth-order valence-corrected chi connectivity index (χ4v) is 5.44. The minimum absolute atomic E-state index is 0.0161. The van der Waals surface area contributed by atoms with Crippen LogP contribution < -0.4 is 27.4 Å². The number of hydrogen-bond acceptors (Lipinski definition) is 16. The normalized spacial score (nSPS) is 40.6. The minimum atomic E-state index is -2.09. The number of carbonyl (C=O) groups excluding carboxylic acids is 1. The van der Waals surface area contributed by atoms with Gasteiger partial charge in [-0.15, -0.1) is 0 Å². The van der Waals surface area contributed by atoms with E-state index in [1.807, 2.05) is 0 Å². The number of rotatable bonds is 15. The number of hydrogen-bond donors (Lipinski definition) is 12. The van der Waals surface area contributed by atoms with E-state index in [1.54, 1.807) is 7.05 Å². The Morgan fingerprint density at radius 3 is 2.33 bits per heavy atom. The summed E-state index contributed by atoms with van der Waals surface area (Å²) in [4.78, 5) is 12.5. The lowest BCUT2D eigenvalue weighted by Crippen LogP contribution is -2.67. The molecule has 252 valence electrons. The second-order valence-electron chi connectivity index (χ2n) is 11.2. The van der Waals surface area contributed by atoms with Crippen LogP contribution in [0.1, 0.15) is 19.3 Å². The zero-order chi connectivity index (χ0) is 31.8. The summed E-state index contributed by atoms with van der Waals surface area (Å²) in [7, 11) is 1.59. The molecule has 18 heteroatoms. The summed E-state index contributed by atoms with van der Waals surface area (Å²) in [5, 5.41) is 78.6. The predicted molar refractivity (Wildman–Crippen MR) is 145 cm³/mol. The molecule has 1 aliphatic carbocycles. The Morgan fingerprint density at radius 1 is 1.02 bits per heavy atom. The van der Waals surface area contributed by atoms with E-state index < -0.39 is 111 Å². The third-order valence-electron chi connectivity index (χ3n) is 8.05. The number of amides is 1. The molecule has 0 aromatic rings. The molecular formula is C25H48FN5O12. The number of halogens is 1. The Balaban J connectivity index is 1.80. The van der Waals surface area contributed by atoms with Gasteiger partial charge in [-0.1, -0.05) is 0 Å². The summed E-state index contributed by atoms with van der Waals surface area (Å²) in [5.74, 6) is -1.11. The first-order valence-corrected chi connectivity index (χ1v) is 14.5. The van der Waals surface area contributed by atoms with E-state index >= 15 is 0 Å². The topological polar surface area (TPSA) is 284 Å². The molecule has 3 aliphatic rings. The fourth-order valence-electron chi connectivity index (χ4n) is 5.44. The van der Waals surface area contributed by atoms with Crippen molar-refractivity contribution < 1.29 is 63.9 Å². The third-order valence-corrected chi connectivity index (χ3v) is 8.05. The van der Waals surface area contributed by atoms with E-state index in [0.717, 1.165) is 0 Å². The molecule has 0 aromatic heterocycles. The van der Waals surface area contributed by atoms with Gasteiger partial charge in [-0.25, -0.2) is 4.39 Å². The Kier molecular flexibility index (Phi) is 14.3. The van der Waals surface area contributed by atoms with Gasteiger partial charge in [-0.05, 0) is 26.3 Å². The average Bonchev–Trinajstić information content (AvgIpc) is 3.28. The van der Waals surface area contributed by atoms with Crippen LogP contribution >= 0.6 is 0 Å². The van der Waals surface area contributed by atoms with E-state index in [2.05, 4.69) is 16.0 Å². The van der Waals surface area contributed by atoms with Gasteiger partial charge >= 0.3 is 0 Å². The number of aliphatic hydroxyl groups is 7. The van der Waals surface area contributed by atoms with Gasteiger partial charge in [0.2, 0.25) is 0 Å². The van der Waals surface area contributed by atoms with Crippen LogP contribution in [0.2, 0.25) is 0 Å². The first-order valence-electron chi connectivity index (χ1n) is 14.5. The average molecular weight is 630 g/mol. The first-order chi connectivity index (χ1) is 20.4. The zero-order valence-corrected chi connectivity index (χ0v) is 24.0. The van der Waals surface area contributed by atoms with Gasteiger partial charge < -0.3 is 82.1 Å². The van der Waals surface area contributed by atoms with E-state index in [0.29, 0.717) is 19.4 Å². The highest BCUT2D eigenvalue weighted by molar-refractivity contribution is 5.81. The second-order valence-corrected chi connectivity index (χ2v) is 11.2. The molecule has 14 N–H and O–H groups in total. The molecule has 0 bridgehead atoms. The molecule has 0 spiro atoms. The van der Waals surface area contributed by atoms with E-state index in [-0.39, 0.29) is 19.1 Å². The van der Waals surface area contributed by atoms with Crippen LogP contribution in [0.15, 0.2) is 0 Å². The minimum Gasteiger partial charge on any atom is -0.394 e. The number of carbonyl (C=O) groups is 1. The number of alkyl halides is 1. The van der Waals surface area contributed by atoms with Crippen molar-refractivity contribution in [1.82, 2.24) is 16.0 Å². The molecule has 0 radical (unpaired) electrons. The SMILES string of the molecule is CNC1CC(NC(=O)C(O)C(F)CN)C(O)C(OC2OC(CO)C(O)C2O)C1OC1OC(CNCC(O)CO)CCC1N. The maximum Gasteiger partial charge on any atom is 0.252 e. The smallest absolute Gasteiger partial charge is 0.252 e. The zero-order valence-electron chi connectivity index (χ0n) is 24.0. The van der Waals surface area contributed by atoms with Crippen LogP contribution in [0.25, 0.3) is 0 Å². The Morgan fingerprint density at radius 2 is 1.72 bits per heavy atom. The lowest BCUT2D eigenvalue weighted by molar-refractivity contribution is -0.289. The molecule has 1 amide bonds. The van der Waals surface area contributed by atoms with Gasteiger partial charge in [-0.3, -0.25) is 4.79 Å². The van der Waals surface area contributed by atoms with Gasteiger partial charge in [0.15, 0.2) is 18.7 Å². The van der Waals surface area contributed by atoms with Gasteiger partial charge in [-0.2, -0.15) is 0 Å². The lowest BCUT2D eigenvalue weighted by Gasteiger charge is -2.47. The predicted octanol–water partition coefficient (Wildman–Crippen LogP) is -6.53. The largest absolute Gasteiger partial charge is 0.394 e. The van der Waals surface area contributed by atoms with Crippen molar-refractivity contribution in [2.24, 2.45) is 11.5 Å². The Bertz CT molecular complexity index is 856. The number of ether oxygens (including phenoxy) is 4. The first kappa shape index (κ1) is 36.3. The third kappa shape index (κ3) is 9.18. The van der Waals surface area contributed by atoms with Gasteiger partial charge in [0.1, 0.15) is 42.8 Å². The Labute approximate surface area is 248 Å². The summed E-state index contributed by atoms with van der Waals surface area (Å²) < 4.78 is 37.7.